The summed E-state index contributed by atoms with van der Waals surface area (Å²) in [6, 6.07) is 9.10. The predicted octanol–water partition coefficient (Wildman–Crippen LogP) is 2.91. The maximum atomic E-state index is 12.1. The van der Waals surface area contributed by atoms with Crippen LogP contribution in [0.15, 0.2) is 36.6 Å². The molecule has 0 aliphatic rings. The summed E-state index contributed by atoms with van der Waals surface area (Å²) in [7, 11) is 1.59. The van der Waals surface area contributed by atoms with Crippen molar-refractivity contribution in [2.75, 3.05) is 13.7 Å². The average Bonchev–Trinajstić information content (AvgIpc) is 3.03. The Labute approximate surface area is 170 Å². The lowest BCUT2D eigenvalue weighted by atomic mass is 10.0. The first-order chi connectivity index (χ1) is 13.9. The summed E-state index contributed by atoms with van der Waals surface area (Å²) >= 11 is 0. The van der Waals surface area contributed by atoms with Crippen LogP contribution in [0.4, 0.5) is 0 Å². The van der Waals surface area contributed by atoms with Gasteiger partial charge in [-0.25, -0.2) is 0 Å². The Hall–Kier alpha value is -3.79. The van der Waals surface area contributed by atoms with Gasteiger partial charge in [-0.2, -0.15) is 5.26 Å². The van der Waals surface area contributed by atoms with Gasteiger partial charge in [-0.15, -0.1) is 0 Å². The minimum atomic E-state index is -0.613. The molecule has 0 fully saturated rings. The minimum absolute atomic E-state index is 0.227. The minimum Gasteiger partial charge on any atom is -0.501 e. The van der Waals surface area contributed by atoms with Gasteiger partial charge in [-0.3, -0.25) is 9.59 Å². The molecule has 1 aromatic carbocycles. The molecule has 2 amide bonds. The topological polar surface area (TPSA) is 110 Å². The van der Waals surface area contributed by atoms with Crippen molar-refractivity contribution in [2.45, 2.75) is 20.4 Å². The van der Waals surface area contributed by atoms with Gasteiger partial charge >= 0.3 is 0 Å². The number of benzene rings is 1. The van der Waals surface area contributed by atoms with E-state index in [1.54, 1.807) is 37.5 Å². The lowest BCUT2D eigenvalue weighted by Gasteiger charge is -2.11. The first-order valence-electron chi connectivity index (χ1n) is 9.06. The smallest absolute Gasteiger partial charge is 0.251 e. The molecule has 150 valence electrons. The van der Waals surface area contributed by atoms with Crippen LogP contribution in [0.3, 0.4) is 0 Å². The zero-order valence-electron chi connectivity index (χ0n) is 16.8. The van der Waals surface area contributed by atoms with Gasteiger partial charge in [0.15, 0.2) is 0 Å². The Morgan fingerprint density at radius 3 is 2.48 bits per heavy atom. The third-order valence-corrected chi connectivity index (χ3v) is 4.48. The molecule has 0 aliphatic carbocycles. The number of amides is 2. The highest BCUT2D eigenvalue weighted by atomic mass is 16.5. The fraction of sp³-hybridized carbons (Fsp3) is 0.227. The van der Waals surface area contributed by atoms with E-state index in [1.807, 2.05) is 24.5 Å². The highest BCUT2D eigenvalue weighted by molar-refractivity contribution is 5.96. The van der Waals surface area contributed by atoms with Crippen molar-refractivity contribution in [3.8, 4) is 17.3 Å². The second kappa shape index (κ2) is 9.42. The highest BCUT2D eigenvalue weighted by Crippen LogP contribution is 2.34. The summed E-state index contributed by atoms with van der Waals surface area (Å²) in [4.78, 5) is 22.9. The molecule has 0 saturated heterocycles. The zero-order valence-corrected chi connectivity index (χ0v) is 16.8. The fourth-order valence-corrected chi connectivity index (χ4v) is 3.06. The Balaban J connectivity index is 2.57. The molecule has 1 aromatic heterocycles. The molecule has 29 heavy (non-hydrogen) atoms. The van der Waals surface area contributed by atoms with Crippen LogP contribution in [0, 0.1) is 11.3 Å². The van der Waals surface area contributed by atoms with Crippen LogP contribution in [0.5, 0.6) is 0 Å². The second-order valence-corrected chi connectivity index (χ2v) is 6.27. The lowest BCUT2D eigenvalue weighted by molar-refractivity contribution is -0.117. The molecular weight excluding hydrogens is 368 g/mol. The van der Waals surface area contributed by atoms with Gasteiger partial charge in [0, 0.05) is 17.7 Å². The van der Waals surface area contributed by atoms with E-state index in [4.69, 9.17) is 10.5 Å². The van der Waals surface area contributed by atoms with E-state index in [2.05, 4.69) is 18.0 Å². The van der Waals surface area contributed by atoms with Gasteiger partial charge in [-0.1, -0.05) is 24.8 Å². The van der Waals surface area contributed by atoms with Crippen molar-refractivity contribution >= 4 is 24.0 Å². The van der Waals surface area contributed by atoms with E-state index in [9.17, 15) is 14.9 Å². The van der Waals surface area contributed by atoms with Gasteiger partial charge in [0.2, 0.25) is 5.91 Å². The van der Waals surface area contributed by atoms with E-state index >= 15 is 0 Å². The molecule has 0 saturated carbocycles. The molecule has 1 heterocycles. The Morgan fingerprint density at radius 1 is 1.34 bits per heavy atom. The van der Waals surface area contributed by atoms with Gasteiger partial charge in [-0.05, 0) is 37.6 Å². The number of nitrogens with two attached hydrogens (primary N) is 1. The summed E-state index contributed by atoms with van der Waals surface area (Å²) in [5.74, 6) is -0.302. The van der Waals surface area contributed by atoms with Crippen LogP contribution in [-0.2, 0) is 16.1 Å². The SMILES string of the molecule is C=Cc1c(C#N)c(-c2ccc(C(=O)NCC(N)=O)cc2)n(CC)c1/C=C(\C)OC. The first kappa shape index (κ1) is 21.5. The lowest BCUT2D eigenvalue weighted by Crippen LogP contribution is -2.33. The molecule has 0 aliphatic heterocycles. The van der Waals surface area contributed by atoms with Crippen molar-refractivity contribution < 1.29 is 14.3 Å². The third kappa shape index (κ3) is 4.55. The Kier molecular flexibility index (Phi) is 6.99. The van der Waals surface area contributed by atoms with E-state index in [0.717, 1.165) is 22.5 Å². The molecule has 0 unspecified atom stereocenters. The number of nitrogens with one attached hydrogen (secondary N) is 1. The zero-order chi connectivity index (χ0) is 21.6. The summed E-state index contributed by atoms with van der Waals surface area (Å²) in [5, 5.41) is 12.3. The molecule has 0 atom stereocenters. The number of hydrogen-bond acceptors (Lipinski definition) is 4. The van der Waals surface area contributed by atoms with Crippen molar-refractivity contribution in [1.82, 2.24) is 9.88 Å². The average molecular weight is 392 g/mol. The standard InChI is InChI=1S/C22H24N4O3/c1-5-17-18(12-23)21(26(6-2)19(17)11-14(3)29-4)15-7-9-16(10-8-15)22(28)25-13-20(24)27/h5,7-11H,1,6,13H2,2-4H3,(H2,24,27)(H,25,28)/b14-11+. The van der Waals surface area contributed by atoms with Crippen molar-refractivity contribution in [2.24, 2.45) is 5.73 Å². The molecule has 7 nitrogen and oxygen atoms in total. The molecule has 0 bridgehead atoms. The molecule has 2 rings (SSSR count). The van der Waals surface area contributed by atoms with Crippen molar-refractivity contribution in [3.63, 3.8) is 0 Å². The maximum absolute atomic E-state index is 12.1. The quantitative estimate of drug-likeness (QED) is 0.673. The number of carbonyl (C=O) groups is 2. The van der Waals surface area contributed by atoms with Crippen LogP contribution in [-0.4, -0.2) is 30.0 Å². The molecule has 0 radical (unpaired) electrons. The van der Waals surface area contributed by atoms with Gasteiger partial charge in [0.1, 0.15) is 6.07 Å². The molecule has 0 spiro atoms. The number of methoxy groups -OCH3 is 1. The van der Waals surface area contributed by atoms with E-state index in [0.29, 0.717) is 23.4 Å². The summed E-state index contributed by atoms with van der Waals surface area (Å²) in [6.07, 6.45) is 3.53. The number of nitriles is 1. The normalized spacial score (nSPS) is 10.9. The Morgan fingerprint density at radius 2 is 2.00 bits per heavy atom. The largest absolute Gasteiger partial charge is 0.501 e. The predicted molar refractivity (Wildman–Crippen MR) is 113 cm³/mol. The van der Waals surface area contributed by atoms with Crippen LogP contribution in [0.2, 0.25) is 0 Å². The number of ether oxygens (including phenoxy) is 1. The van der Waals surface area contributed by atoms with E-state index < -0.39 is 11.8 Å². The first-order valence-corrected chi connectivity index (χ1v) is 9.06. The van der Waals surface area contributed by atoms with Gasteiger partial charge < -0.3 is 20.4 Å². The number of rotatable bonds is 8. The Bertz CT molecular complexity index is 1010. The number of carbonyl (C=O) groups excluding carboxylic acids is 2. The van der Waals surface area contributed by atoms with Gasteiger partial charge in [0.25, 0.3) is 5.91 Å². The summed E-state index contributed by atoms with van der Waals surface area (Å²) in [5.41, 5.74) is 9.02. The highest BCUT2D eigenvalue weighted by Gasteiger charge is 2.21. The monoisotopic (exact) mass is 392 g/mol. The molecule has 3 N–H and O–H groups in total. The van der Waals surface area contributed by atoms with Crippen LogP contribution < -0.4 is 11.1 Å². The van der Waals surface area contributed by atoms with Crippen LogP contribution in [0.25, 0.3) is 23.4 Å². The molecule has 2 aromatic rings. The molecular formula is C22H24N4O3. The maximum Gasteiger partial charge on any atom is 0.251 e. The van der Waals surface area contributed by atoms with Gasteiger partial charge in [0.05, 0.1) is 36.4 Å². The number of aromatic nitrogens is 1. The number of nitrogens with zero attached hydrogens (tertiary/aromatic N) is 2. The number of hydrogen-bond donors (Lipinski definition) is 2. The summed E-state index contributed by atoms with van der Waals surface area (Å²) < 4.78 is 7.29. The van der Waals surface area contributed by atoms with Crippen LogP contribution >= 0.6 is 0 Å². The van der Waals surface area contributed by atoms with Crippen molar-refractivity contribution in [1.29, 1.82) is 5.26 Å². The second-order valence-electron chi connectivity index (χ2n) is 6.27. The summed E-state index contributed by atoms with van der Waals surface area (Å²) in [6.45, 7) is 8.09. The third-order valence-electron chi connectivity index (χ3n) is 4.48. The number of allylic oxidation sites excluding steroid dienone is 1. The van der Waals surface area contributed by atoms with Crippen molar-refractivity contribution in [3.05, 3.63) is 59.0 Å². The fourth-order valence-electron chi connectivity index (χ4n) is 3.06. The van der Waals surface area contributed by atoms with E-state index in [1.165, 1.54) is 0 Å². The number of primary amides is 1. The molecule has 7 heteroatoms. The van der Waals surface area contributed by atoms with E-state index in [-0.39, 0.29) is 6.54 Å². The van der Waals surface area contributed by atoms with Crippen LogP contribution in [0.1, 0.15) is 41.0 Å².